The van der Waals surface area contributed by atoms with E-state index < -0.39 is 5.54 Å². The third-order valence-corrected chi connectivity index (χ3v) is 5.34. The molecular weight excluding hydrogens is 319 g/mol. The summed E-state index contributed by atoms with van der Waals surface area (Å²) in [7, 11) is 0. The Hall–Kier alpha value is -2.69. The minimum absolute atomic E-state index is 0.0287. The van der Waals surface area contributed by atoms with Crippen LogP contribution < -0.4 is 4.90 Å². The van der Waals surface area contributed by atoms with E-state index in [0.717, 1.165) is 5.56 Å². The molecular formula is C20H19FN2O2. The van der Waals surface area contributed by atoms with Gasteiger partial charge in [-0.3, -0.25) is 14.5 Å². The van der Waals surface area contributed by atoms with Crippen LogP contribution in [0.2, 0.25) is 0 Å². The summed E-state index contributed by atoms with van der Waals surface area (Å²) in [6, 6.07) is 15.6. The van der Waals surface area contributed by atoms with Gasteiger partial charge in [0.15, 0.2) is 0 Å². The number of likely N-dealkylation sites (tertiary alicyclic amines) is 1. The van der Waals surface area contributed by atoms with Crippen molar-refractivity contribution in [2.45, 2.75) is 25.4 Å². The first-order chi connectivity index (χ1) is 12.0. The number of carbonyl (C=O) groups is 2. The first kappa shape index (κ1) is 15.8. The predicted octanol–water partition coefficient (Wildman–Crippen LogP) is 2.98. The van der Waals surface area contributed by atoms with Crippen LogP contribution in [0.4, 0.5) is 10.1 Å². The zero-order valence-electron chi connectivity index (χ0n) is 14.0. The molecule has 2 atom stereocenters. The first-order valence-electron chi connectivity index (χ1n) is 8.44. The number of nitrogens with zero attached hydrogens (tertiary/aromatic N) is 2. The standard InChI is InChI=1S/C20H19FN2O2/c1-14-11-18(24)23(17-9-7-16(21)8-10-17)20(14)13-22(19(20)25)12-15-5-3-2-4-6-15/h2-10,14H,11-13H2,1H3. The Bertz CT molecular complexity index is 821. The third kappa shape index (κ3) is 2.34. The van der Waals surface area contributed by atoms with Gasteiger partial charge >= 0.3 is 0 Å². The molecule has 2 unspecified atom stereocenters. The van der Waals surface area contributed by atoms with Crippen molar-refractivity contribution in [3.8, 4) is 0 Å². The number of hydrogen-bond acceptors (Lipinski definition) is 2. The van der Waals surface area contributed by atoms with Gasteiger partial charge in [0.1, 0.15) is 11.4 Å². The zero-order valence-corrected chi connectivity index (χ0v) is 14.0. The first-order valence-corrected chi connectivity index (χ1v) is 8.44. The Morgan fingerprint density at radius 2 is 1.76 bits per heavy atom. The van der Waals surface area contributed by atoms with Gasteiger partial charge in [-0.2, -0.15) is 0 Å². The Morgan fingerprint density at radius 1 is 1.08 bits per heavy atom. The van der Waals surface area contributed by atoms with Crippen LogP contribution in [0.15, 0.2) is 54.6 Å². The van der Waals surface area contributed by atoms with E-state index >= 15 is 0 Å². The van der Waals surface area contributed by atoms with Crippen LogP contribution in [0.1, 0.15) is 18.9 Å². The fourth-order valence-corrected chi connectivity index (χ4v) is 4.01. The SMILES string of the molecule is CC1CC(=O)N(c2ccc(F)cc2)C12CN(Cc1ccccc1)C2=O. The summed E-state index contributed by atoms with van der Waals surface area (Å²) >= 11 is 0. The van der Waals surface area contributed by atoms with E-state index in [2.05, 4.69) is 0 Å². The van der Waals surface area contributed by atoms with E-state index in [1.54, 1.807) is 21.9 Å². The topological polar surface area (TPSA) is 40.6 Å². The van der Waals surface area contributed by atoms with Crippen molar-refractivity contribution in [3.05, 3.63) is 66.0 Å². The normalized spacial score (nSPS) is 25.6. The maximum absolute atomic E-state index is 13.2. The second-order valence-corrected chi connectivity index (χ2v) is 6.88. The fourth-order valence-electron chi connectivity index (χ4n) is 4.01. The Labute approximate surface area is 145 Å². The minimum atomic E-state index is -0.830. The third-order valence-electron chi connectivity index (χ3n) is 5.34. The van der Waals surface area contributed by atoms with Crippen LogP contribution in [0.3, 0.4) is 0 Å². The average Bonchev–Trinajstić information content (AvgIpc) is 2.88. The lowest BCUT2D eigenvalue weighted by atomic mass is 9.77. The summed E-state index contributed by atoms with van der Waals surface area (Å²) in [4.78, 5) is 29.0. The van der Waals surface area contributed by atoms with Crippen LogP contribution in [-0.2, 0) is 16.1 Å². The van der Waals surface area contributed by atoms with Crippen molar-refractivity contribution in [1.82, 2.24) is 4.90 Å². The Balaban J connectivity index is 1.62. The molecule has 0 bridgehead atoms. The number of β-lactam (4-membered cyclic amide) rings is 1. The number of rotatable bonds is 3. The van der Waals surface area contributed by atoms with Gasteiger partial charge in [0, 0.05) is 18.7 Å². The lowest BCUT2D eigenvalue weighted by molar-refractivity contribution is -0.154. The molecule has 2 aliphatic heterocycles. The molecule has 2 heterocycles. The highest BCUT2D eigenvalue weighted by molar-refractivity contribution is 6.10. The van der Waals surface area contributed by atoms with Crippen LogP contribution in [0, 0.1) is 11.7 Å². The molecule has 0 radical (unpaired) electrons. The van der Waals surface area contributed by atoms with Crippen molar-refractivity contribution in [2.75, 3.05) is 11.4 Å². The largest absolute Gasteiger partial charge is 0.333 e. The molecule has 25 heavy (non-hydrogen) atoms. The Kier molecular flexibility index (Phi) is 3.60. The monoisotopic (exact) mass is 338 g/mol. The van der Waals surface area contributed by atoms with Crippen molar-refractivity contribution >= 4 is 17.5 Å². The van der Waals surface area contributed by atoms with Crippen molar-refractivity contribution in [2.24, 2.45) is 5.92 Å². The molecule has 2 aromatic carbocycles. The van der Waals surface area contributed by atoms with Gasteiger partial charge in [-0.1, -0.05) is 37.3 Å². The Morgan fingerprint density at radius 3 is 2.40 bits per heavy atom. The zero-order chi connectivity index (χ0) is 17.6. The second kappa shape index (κ2) is 5.69. The van der Waals surface area contributed by atoms with Crippen LogP contribution >= 0.6 is 0 Å². The van der Waals surface area contributed by atoms with Crippen molar-refractivity contribution < 1.29 is 14.0 Å². The molecule has 2 aromatic rings. The molecule has 2 aliphatic rings. The summed E-state index contributed by atoms with van der Waals surface area (Å²) < 4.78 is 13.2. The van der Waals surface area contributed by atoms with Crippen LogP contribution in [0.25, 0.3) is 0 Å². The molecule has 128 valence electrons. The minimum Gasteiger partial charge on any atom is -0.333 e. The van der Waals surface area contributed by atoms with Gasteiger partial charge in [0.05, 0.1) is 6.54 Å². The van der Waals surface area contributed by atoms with Gasteiger partial charge < -0.3 is 4.90 Å². The molecule has 0 aromatic heterocycles. The number of benzene rings is 2. The molecule has 0 N–H and O–H groups in total. The quantitative estimate of drug-likeness (QED) is 0.807. The number of halogens is 1. The second-order valence-electron chi connectivity index (χ2n) is 6.88. The van der Waals surface area contributed by atoms with Gasteiger partial charge in [-0.05, 0) is 35.7 Å². The molecule has 4 rings (SSSR count). The molecule has 5 heteroatoms. The summed E-state index contributed by atoms with van der Waals surface area (Å²) in [5.74, 6) is -0.529. The van der Waals surface area contributed by atoms with Crippen molar-refractivity contribution in [3.63, 3.8) is 0 Å². The summed E-state index contributed by atoms with van der Waals surface area (Å²) in [5.41, 5.74) is 0.823. The molecule has 0 aliphatic carbocycles. The maximum atomic E-state index is 13.2. The maximum Gasteiger partial charge on any atom is 0.251 e. The lowest BCUT2D eigenvalue weighted by Crippen LogP contribution is -2.74. The molecule has 1 spiro atoms. The smallest absolute Gasteiger partial charge is 0.251 e. The molecule has 0 saturated carbocycles. The van der Waals surface area contributed by atoms with E-state index in [9.17, 15) is 14.0 Å². The van der Waals surface area contributed by atoms with Crippen molar-refractivity contribution in [1.29, 1.82) is 0 Å². The van der Waals surface area contributed by atoms with E-state index in [1.807, 2.05) is 37.3 Å². The highest BCUT2D eigenvalue weighted by atomic mass is 19.1. The van der Waals surface area contributed by atoms with Crippen LogP contribution in [0.5, 0.6) is 0 Å². The van der Waals surface area contributed by atoms with Gasteiger partial charge in [0.25, 0.3) is 5.91 Å². The van der Waals surface area contributed by atoms with Gasteiger partial charge in [-0.15, -0.1) is 0 Å². The number of anilines is 1. The van der Waals surface area contributed by atoms with E-state index in [1.165, 1.54) is 12.1 Å². The molecule has 4 nitrogen and oxygen atoms in total. The number of amides is 2. The molecule has 2 fully saturated rings. The van der Waals surface area contributed by atoms with Crippen LogP contribution in [-0.4, -0.2) is 28.8 Å². The fraction of sp³-hybridized carbons (Fsp3) is 0.300. The summed E-state index contributed by atoms with van der Waals surface area (Å²) in [6.45, 7) is 2.99. The lowest BCUT2D eigenvalue weighted by Gasteiger charge is -2.53. The van der Waals surface area contributed by atoms with E-state index in [-0.39, 0.29) is 23.5 Å². The number of hydrogen-bond donors (Lipinski definition) is 0. The summed E-state index contributed by atoms with van der Waals surface area (Å²) in [5, 5.41) is 0. The highest BCUT2D eigenvalue weighted by Crippen LogP contribution is 2.46. The average molecular weight is 338 g/mol. The highest BCUT2D eigenvalue weighted by Gasteiger charge is 2.64. The molecule has 2 saturated heterocycles. The summed E-state index contributed by atoms with van der Waals surface area (Å²) in [6.07, 6.45) is 0.336. The number of carbonyl (C=O) groups excluding carboxylic acids is 2. The van der Waals surface area contributed by atoms with E-state index in [0.29, 0.717) is 25.2 Å². The molecule has 2 amide bonds. The predicted molar refractivity (Wildman–Crippen MR) is 92.3 cm³/mol. The van der Waals surface area contributed by atoms with E-state index in [4.69, 9.17) is 0 Å². The van der Waals surface area contributed by atoms with Gasteiger partial charge in [-0.25, -0.2) is 4.39 Å². The van der Waals surface area contributed by atoms with Gasteiger partial charge in [0.2, 0.25) is 5.91 Å².